The van der Waals surface area contributed by atoms with Gasteiger partial charge in [0.1, 0.15) is 22.1 Å². The van der Waals surface area contributed by atoms with Crippen LogP contribution in [0.4, 0.5) is 0 Å². The molecule has 0 saturated heterocycles. The third-order valence-corrected chi connectivity index (χ3v) is 17.6. The normalized spacial score (nSPS) is 11.7. The number of para-hydroxylation sites is 2. The third kappa shape index (κ3) is 8.21. The van der Waals surface area contributed by atoms with Gasteiger partial charge < -0.3 is 19.2 Å². The molecule has 2 N–H and O–H groups in total. The summed E-state index contributed by atoms with van der Waals surface area (Å²) in [5.74, 6) is 0. The van der Waals surface area contributed by atoms with Crippen molar-refractivity contribution >= 4 is 193 Å². The van der Waals surface area contributed by atoms with Crippen LogP contribution in [0.2, 0.25) is 0 Å². The Hall–Kier alpha value is -7.66. The van der Waals surface area contributed by atoms with Gasteiger partial charge in [-0.05, 0) is 169 Å². The second kappa shape index (κ2) is 20.0. The van der Waals surface area contributed by atoms with Crippen molar-refractivity contribution in [3.8, 4) is 22.5 Å². The van der Waals surface area contributed by atoms with Crippen LogP contribution in [0.3, 0.4) is 0 Å². The van der Waals surface area contributed by atoms with E-state index in [-0.39, 0.29) is 0 Å². The van der Waals surface area contributed by atoms with E-state index in [1.165, 1.54) is 93.9 Å². The molecule has 4 aromatic heterocycles. The smallest absolute Gasteiger partial charge is 0.423 e. The van der Waals surface area contributed by atoms with Gasteiger partial charge in [0.25, 0.3) is 0 Å². The fraction of sp³-hybridized carbons (Fsp3) is 0. The quantitative estimate of drug-likeness (QED) is 0.134. The Bertz CT molecular complexity index is 5020. The molecule has 0 bridgehead atoms. The minimum Gasteiger partial charge on any atom is -0.423 e. The highest BCUT2D eigenvalue weighted by molar-refractivity contribution is 9.11. The molecule has 16 aromatic rings. The van der Waals surface area contributed by atoms with Crippen LogP contribution in [0.5, 0.6) is 0 Å². The Balaban J connectivity index is 0.000000120. The molecule has 8 nitrogen and oxygen atoms in total. The maximum Gasteiger partial charge on any atom is 0.489 e. The lowest BCUT2D eigenvalue weighted by Gasteiger charge is -2.11. The number of aromatic nitrogens is 6. The number of rotatable bonds is 4. The second-order valence-electron chi connectivity index (χ2n) is 19.0. The van der Waals surface area contributed by atoms with E-state index in [2.05, 4.69) is 244 Å². The van der Waals surface area contributed by atoms with E-state index in [0.29, 0.717) is 5.46 Å². The maximum atomic E-state index is 9.97. The number of fused-ring (bicyclic) bond motifs is 14. The SMILES string of the molecule is Brc1ccc(-c2cccc3c2c2ccccc2n3-c2ccc3ccc4ccccc4c3c2)c2nsnc12.Brc1ccc(Br)c2nsnc12.OB(O)c1cccc2c1c1ccccc1n2-c1ccc2ccc3ccccc3c2c1. The minimum absolute atomic E-state index is 0.522. The predicted octanol–water partition coefficient (Wildman–Crippen LogP) is 17.5. The Kier molecular flexibility index (Phi) is 12.5. The molecule has 0 saturated carbocycles. The Morgan fingerprint density at radius 1 is 0.333 bits per heavy atom. The van der Waals surface area contributed by atoms with Crippen molar-refractivity contribution < 1.29 is 10.0 Å². The van der Waals surface area contributed by atoms with Gasteiger partial charge in [-0.3, -0.25) is 0 Å². The highest BCUT2D eigenvalue weighted by Gasteiger charge is 2.22. The molecule has 372 valence electrons. The van der Waals surface area contributed by atoms with E-state index < -0.39 is 7.12 Å². The molecule has 78 heavy (non-hydrogen) atoms. The molecule has 0 fully saturated rings. The van der Waals surface area contributed by atoms with E-state index in [1.807, 2.05) is 42.5 Å². The van der Waals surface area contributed by atoms with E-state index in [9.17, 15) is 10.0 Å². The molecule has 0 aliphatic heterocycles. The lowest BCUT2D eigenvalue weighted by molar-refractivity contribution is 0.426. The van der Waals surface area contributed by atoms with Gasteiger partial charge in [-0.25, -0.2) is 0 Å². The molecule has 0 amide bonds. The molecule has 0 spiro atoms. The van der Waals surface area contributed by atoms with Gasteiger partial charge in [0.2, 0.25) is 0 Å². The molecule has 0 atom stereocenters. The van der Waals surface area contributed by atoms with Crippen LogP contribution in [-0.4, -0.2) is 43.8 Å². The first-order valence-corrected chi connectivity index (χ1v) is 28.8. The summed E-state index contributed by atoms with van der Waals surface area (Å²) in [6.07, 6.45) is 0. The van der Waals surface area contributed by atoms with Gasteiger partial charge in [-0.1, -0.05) is 152 Å². The average molecular weight is 1240 g/mol. The van der Waals surface area contributed by atoms with Crippen LogP contribution < -0.4 is 5.46 Å². The van der Waals surface area contributed by atoms with Crippen molar-refractivity contribution in [2.45, 2.75) is 0 Å². The van der Waals surface area contributed by atoms with Crippen LogP contribution in [0, 0.1) is 0 Å². The summed E-state index contributed by atoms with van der Waals surface area (Å²) >= 11 is 12.9. The van der Waals surface area contributed by atoms with Gasteiger partial charge in [-0.2, -0.15) is 17.5 Å². The molecule has 4 heterocycles. The number of hydrogen-bond donors (Lipinski definition) is 2. The zero-order chi connectivity index (χ0) is 52.6. The van der Waals surface area contributed by atoms with E-state index in [0.717, 1.165) is 74.2 Å². The standard InChI is InChI=1S/C32H18BrN3S.C26H18BNO2.C6H2Br2N2S/c33-27-17-16-24(31-32(27)35-37-34-31)23-9-5-11-29-30(23)25-8-3-4-10-28(25)36(29)21-15-14-20-13-12-19-6-1-2-7-22(19)26(20)18-21;29-27(30)23-9-5-11-25-26(23)21-8-3-4-10-24(21)28(25)19-15-14-18-13-12-17-6-1-2-7-20(17)22(18)16-19;7-3-1-2-4(8)6-5(3)9-11-10-6/h1-18H;1-16,29-30H;1-2H. The fourth-order valence-corrected chi connectivity index (χ4v) is 13.9. The van der Waals surface area contributed by atoms with Crippen molar-refractivity contribution in [3.05, 3.63) is 232 Å². The lowest BCUT2D eigenvalue weighted by atomic mass is 9.77. The van der Waals surface area contributed by atoms with E-state index in [4.69, 9.17) is 0 Å². The first-order valence-electron chi connectivity index (χ1n) is 25.0. The number of benzene rings is 12. The van der Waals surface area contributed by atoms with Gasteiger partial charge in [-0.15, -0.1) is 0 Å². The van der Waals surface area contributed by atoms with Crippen molar-refractivity contribution in [2.75, 3.05) is 0 Å². The number of hydrogen-bond acceptors (Lipinski definition) is 8. The van der Waals surface area contributed by atoms with Crippen molar-refractivity contribution in [3.63, 3.8) is 0 Å². The molecule has 0 aliphatic carbocycles. The number of nitrogens with zero attached hydrogens (tertiary/aromatic N) is 6. The zero-order valence-electron chi connectivity index (χ0n) is 40.9. The summed E-state index contributed by atoms with van der Waals surface area (Å²) in [7, 11) is -1.52. The minimum atomic E-state index is -1.52. The van der Waals surface area contributed by atoms with Crippen LogP contribution in [-0.2, 0) is 0 Å². The van der Waals surface area contributed by atoms with E-state index in [1.54, 1.807) is 6.07 Å². The van der Waals surface area contributed by atoms with Crippen LogP contribution in [0.15, 0.2) is 232 Å². The third-order valence-electron chi connectivity index (χ3n) is 14.7. The highest BCUT2D eigenvalue weighted by atomic mass is 79.9. The van der Waals surface area contributed by atoms with Gasteiger partial charge in [0.05, 0.1) is 45.5 Å². The summed E-state index contributed by atoms with van der Waals surface area (Å²) in [5.41, 5.74) is 13.0. The molecule has 14 heteroatoms. The topological polar surface area (TPSA) is 102 Å². The molecule has 16 rings (SSSR count). The van der Waals surface area contributed by atoms with E-state index >= 15 is 0 Å². The Morgan fingerprint density at radius 2 is 0.731 bits per heavy atom. The molecule has 0 radical (unpaired) electrons. The zero-order valence-corrected chi connectivity index (χ0v) is 47.3. The largest absolute Gasteiger partial charge is 0.489 e. The highest BCUT2D eigenvalue weighted by Crippen LogP contribution is 2.42. The van der Waals surface area contributed by atoms with Crippen molar-refractivity contribution in [1.82, 2.24) is 26.6 Å². The molecule has 0 unspecified atom stereocenters. The molecular formula is C64H38BBr3N6O2S2. The summed E-state index contributed by atoms with van der Waals surface area (Å²) in [6.45, 7) is 0. The van der Waals surface area contributed by atoms with Crippen LogP contribution in [0.1, 0.15) is 0 Å². The summed E-state index contributed by atoms with van der Waals surface area (Å²) in [5, 5.41) is 34.2. The average Bonchev–Trinajstić information content (AvgIpc) is 4.50. The summed E-state index contributed by atoms with van der Waals surface area (Å²) < 4.78 is 25.0. The first-order chi connectivity index (χ1) is 38.3. The Labute approximate surface area is 479 Å². The van der Waals surface area contributed by atoms with Crippen molar-refractivity contribution in [1.29, 1.82) is 0 Å². The summed E-state index contributed by atoms with van der Waals surface area (Å²) in [4.78, 5) is 0. The maximum absolute atomic E-state index is 9.97. The molecular weight excluding hydrogens is 1200 g/mol. The van der Waals surface area contributed by atoms with Gasteiger partial charge in [0.15, 0.2) is 0 Å². The molecule has 0 aliphatic rings. The van der Waals surface area contributed by atoms with Crippen LogP contribution >= 0.6 is 71.2 Å². The van der Waals surface area contributed by atoms with Crippen LogP contribution in [0.25, 0.3) is 131 Å². The monoisotopic (exact) mass is 1230 g/mol. The fourth-order valence-electron chi connectivity index (χ4n) is 11.2. The second-order valence-corrected chi connectivity index (χ2v) is 22.6. The van der Waals surface area contributed by atoms with Gasteiger partial charge in [0, 0.05) is 51.9 Å². The lowest BCUT2D eigenvalue weighted by Crippen LogP contribution is -2.30. The van der Waals surface area contributed by atoms with Gasteiger partial charge >= 0.3 is 7.12 Å². The van der Waals surface area contributed by atoms with Crippen molar-refractivity contribution in [2.24, 2.45) is 0 Å². The predicted molar refractivity (Wildman–Crippen MR) is 338 cm³/mol. The first kappa shape index (κ1) is 48.7. The summed E-state index contributed by atoms with van der Waals surface area (Å²) in [6, 6.07) is 76.3. The molecule has 12 aromatic carbocycles. The Morgan fingerprint density at radius 3 is 1.27 bits per heavy atom. The number of halogens is 3.